The van der Waals surface area contributed by atoms with E-state index in [1.54, 1.807) is 6.07 Å². The molecule has 192 valence electrons. The summed E-state index contributed by atoms with van der Waals surface area (Å²) in [4.78, 5) is 15.0. The average molecular weight is 502 g/mol. The van der Waals surface area contributed by atoms with Crippen molar-refractivity contribution >= 4 is 28.4 Å². The van der Waals surface area contributed by atoms with Crippen molar-refractivity contribution in [2.75, 3.05) is 24.5 Å². The van der Waals surface area contributed by atoms with Gasteiger partial charge in [0.05, 0.1) is 12.2 Å². The van der Waals surface area contributed by atoms with E-state index in [2.05, 4.69) is 40.5 Å². The molecule has 3 atom stereocenters. The molecule has 37 heavy (non-hydrogen) atoms. The Bertz CT molecular complexity index is 1320. The summed E-state index contributed by atoms with van der Waals surface area (Å²) in [6.07, 6.45) is 3.35. The van der Waals surface area contributed by atoms with E-state index in [-0.39, 0.29) is 18.5 Å². The summed E-state index contributed by atoms with van der Waals surface area (Å²) in [6, 6.07) is 18.2. The van der Waals surface area contributed by atoms with Crippen LogP contribution in [-0.2, 0) is 9.53 Å². The van der Waals surface area contributed by atoms with Crippen LogP contribution >= 0.6 is 0 Å². The van der Waals surface area contributed by atoms with Gasteiger partial charge in [-0.2, -0.15) is 5.26 Å². The van der Waals surface area contributed by atoms with Crippen molar-refractivity contribution in [2.45, 2.75) is 50.6 Å². The van der Waals surface area contributed by atoms with Crippen LogP contribution < -0.4 is 10.2 Å². The molecule has 0 radical (unpaired) electrons. The number of hydrogen-bond acceptors (Lipinski definition) is 7. The maximum Gasteiger partial charge on any atom is 0.262 e. The van der Waals surface area contributed by atoms with Crippen LogP contribution in [0.15, 0.2) is 58.5 Å². The van der Waals surface area contributed by atoms with Gasteiger partial charge in [0.1, 0.15) is 23.2 Å². The second-order valence-corrected chi connectivity index (χ2v) is 9.71. The minimum Gasteiger partial charge on any atom is -0.457 e. The highest BCUT2D eigenvalue weighted by Crippen LogP contribution is 2.30. The first kappa shape index (κ1) is 25.0. The van der Waals surface area contributed by atoms with Gasteiger partial charge >= 0.3 is 0 Å². The van der Waals surface area contributed by atoms with Crippen LogP contribution in [-0.4, -0.2) is 54.3 Å². The number of nitriles is 1. The largest absolute Gasteiger partial charge is 0.457 e. The Labute approximate surface area is 215 Å². The van der Waals surface area contributed by atoms with Crippen LogP contribution in [0.2, 0.25) is 0 Å². The predicted octanol–water partition coefficient (Wildman–Crippen LogP) is 3.97. The standard InChI is InChI=1S/C29H31N3O5/c30-17-22(29(35)31-18-26-15-24(33)16-28(34)37-26)14-25-8-9-27(36-25)21-5-4-20-13-23(7-6-19(20)12-21)32-10-2-1-3-11-32/h4-9,12-14,24,26,28,33-34H,1-3,10-11,15-16,18H2,(H,31,35)/b22-14+. The predicted molar refractivity (Wildman–Crippen MR) is 140 cm³/mol. The second-order valence-electron chi connectivity index (χ2n) is 9.71. The lowest BCUT2D eigenvalue weighted by Gasteiger charge is -2.30. The third-order valence-electron chi connectivity index (χ3n) is 6.96. The number of carbonyl (C=O) groups is 1. The SMILES string of the molecule is N#C/C(=C\c1ccc(-c2ccc3cc(N4CCCCC4)ccc3c2)o1)C(=O)NCC1CC(O)CC(O)O1. The first-order valence-electron chi connectivity index (χ1n) is 12.8. The quantitative estimate of drug-likeness (QED) is 0.345. The smallest absolute Gasteiger partial charge is 0.262 e. The van der Waals surface area contributed by atoms with E-state index in [9.17, 15) is 20.3 Å². The summed E-state index contributed by atoms with van der Waals surface area (Å²) in [5, 5.41) is 33.8. The van der Waals surface area contributed by atoms with Gasteiger partial charge in [0, 0.05) is 49.8 Å². The molecule has 3 N–H and O–H groups in total. The van der Waals surface area contributed by atoms with Crippen molar-refractivity contribution in [1.29, 1.82) is 5.26 Å². The number of ether oxygens (including phenoxy) is 1. The molecule has 0 saturated carbocycles. The van der Waals surface area contributed by atoms with Gasteiger partial charge < -0.3 is 29.6 Å². The Morgan fingerprint density at radius 1 is 1.05 bits per heavy atom. The first-order chi connectivity index (χ1) is 18.0. The molecule has 2 aliphatic rings. The van der Waals surface area contributed by atoms with Crippen molar-refractivity contribution in [2.24, 2.45) is 0 Å². The van der Waals surface area contributed by atoms with Crippen LogP contribution in [0, 0.1) is 11.3 Å². The van der Waals surface area contributed by atoms with Crippen molar-refractivity contribution < 1.29 is 24.2 Å². The highest BCUT2D eigenvalue weighted by atomic mass is 16.6. The van der Waals surface area contributed by atoms with E-state index >= 15 is 0 Å². The van der Waals surface area contributed by atoms with Crippen molar-refractivity contribution in [3.05, 3.63) is 59.9 Å². The molecule has 3 heterocycles. The van der Waals surface area contributed by atoms with Crippen molar-refractivity contribution in [1.82, 2.24) is 5.32 Å². The highest BCUT2D eigenvalue weighted by Gasteiger charge is 2.27. The van der Waals surface area contributed by atoms with Crippen LogP contribution in [0.1, 0.15) is 37.9 Å². The zero-order chi connectivity index (χ0) is 25.8. The fourth-order valence-electron chi connectivity index (χ4n) is 5.01. The van der Waals surface area contributed by atoms with Gasteiger partial charge in [-0.1, -0.05) is 18.2 Å². The Morgan fingerprint density at radius 3 is 2.62 bits per heavy atom. The van der Waals surface area contributed by atoms with Crippen molar-refractivity contribution in [3.8, 4) is 17.4 Å². The molecule has 1 amide bonds. The minimum absolute atomic E-state index is 0.0753. The van der Waals surface area contributed by atoms with E-state index in [0.717, 1.165) is 24.0 Å². The number of nitrogens with zero attached hydrogens (tertiary/aromatic N) is 2. The number of fused-ring (bicyclic) bond motifs is 1. The number of anilines is 1. The minimum atomic E-state index is -1.06. The molecule has 3 unspecified atom stereocenters. The number of furan rings is 1. The lowest BCUT2D eigenvalue weighted by Crippen LogP contribution is -2.42. The Balaban J connectivity index is 1.26. The summed E-state index contributed by atoms with van der Waals surface area (Å²) < 4.78 is 11.3. The van der Waals surface area contributed by atoms with Gasteiger partial charge in [0.25, 0.3) is 5.91 Å². The monoisotopic (exact) mass is 501 g/mol. The molecule has 2 aromatic carbocycles. The molecular formula is C29H31N3O5. The van der Waals surface area contributed by atoms with Gasteiger partial charge in [-0.3, -0.25) is 4.79 Å². The summed E-state index contributed by atoms with van der Waals surface area (Å²) in [6.45, 7) is 2.29. The lowest BCUT2D eigenvalue weighted by molar-refractivity contribution is -0.187. The summed E-state index contributed by atoms with van der Waals surface area (Å²) in [5.74, 6) is 0.459. The molecule has 0 bridgehead atoms. The fourth-order valence-corrected chi connectivity index (χ4v) is 5.01. The van der Waals surface area contributed by atoms with Crippen LogP contribution in [0.5, 0.6) is 0 Å². The number of aliphatic hydroxyl groups is 2. The third kappa shape index (κ3) is 6.03. The number of benzene rings is 2. The zero-order valence-electron chi connectivity index (χ0n) is 20.6. The second kappa shape index (κ2) is 11.2. The van der Waals surface area contributed by atoms with E-state index in [0.29, 0.717) is 17.9 Å². The molecule has 5 rings (SSSR count). The molecule has 2 fully saturated rings. The van der Waals surface area contributed by atoms with Crippen LogP contribution in [0.4, 0.5) is 5.69 Å². The van der Waals surface area contributed by atoms with Crippen LogP contribution in [0.3, 0.4) is 0 Å². The molecule has 8 heteroatoms. The summed E-state index contributed by atoms with van der Waals surface area (Å²) >= 11 is 0. The van der Waals surface area contributed by atoms with Gasteiger partial charge in [-0.15, -0.1) is 0 Å². The molecular weight excluding hydrogens is 470 g/mol. The number of carbonyl (C=O) groups excluding carboxylic acids is 1. The average Bonchev–Trinajstić information content (AvgIpc) is 3.38. The number of amides is 1. The third-order valence-corrected chi connectivity index (χ3v) is 6.96. The molecule has 1 aromatic heterocycles. The molecule has 2 aliphatic heterocycles. The number of aliphatic hydroxyl groups excluding tert-OH is 2. The molecule has 8 nitrogen and oxygen atoms in total. The molecule has 0 aliphatic carbocycles. The van der Waals surface area contributed by atoms with E-state index in [1.807, 2.05) is 18.2 Å². The fraction of sp³-hybridized carbons (Fsp3) is 0.379. The highest BCUT2D eigenvalue weighted by molar-refractivity contribution is 6.01. The van der Waals surface area contributed by atoms with Gasteiger partial charge in [-0.05, 0) is 60.4 Å². The number of nitrogens with one attached hydrogen (secondary N) is 1. The number of rotatable bonds is 6. The van der Waals surface area contributed by atoms with Crippen LogP contribution in [0.25, 0.3) is 28.2 Å². The van der Waals surface area contributed by atoms with E-state index in [1.165, 1.54) is 36.4 Å². The summed E-state index contributed by atoms with van der Waals surface area (Å²) in [7, 11) is 0. The Kier molecular flexibility index (Phi) is 7.56. The Morgan fingerprint density at radius 2 is 1.84 bits per heavy atom. The molecule has 0 spiro atoms. The van der Waals surface area contributed by atoms with Gasteiger partial charge in [-0.25, -0.2) is 0 Å². The maximum atomic E-state index is 12.5. The normalized spacial score (nSPS) is 22.6. The van der Waals surface area contributed by atoms with E-state index in [4.69, 9.17) is 9.15 Å². The molecule has 3 aromatic rings. The zero-order valence-corrected chi connectivity index (χ0v) is 20.6. The maximum absolute atomic E-state index is 12.5. The molecule has 2 saturated heterocycles. The Hall–Kier alpha value is -3.64. The number of piperidine rings is 1. The summed E-state index contributed by atoms with van der Waals surface area (Å²) in [5.41, 5.74) is 2.06. The van der Waals surface area contributed by atoms with E-state index < -0.39 is 24.4 Å². The van der Waals surface area contributed by atoms with Crippen molar-refractivity contribution in [3.63, 3.8) is 0 Å². The van der Waals surface area contributed by atoms with Gasteiger partial charge in [0.15, 0.2) is 6.29 Å². The van der Waals surface area contributed by atoms with Gasteiger partial charge in [0.2, 0.25) is 0 Å². The first-order valence-corrected chi connectivity index (χ1v) is 12.8. The lowest BCUT2D eigenvalue weighted by atomic mass is 10.0. The number of hydrogen-bond donors (Lipinski definition) is 3. The topological polar surface area (TPSA) is 119 Å².